The third kappa shape index (κ3) is 6.03. The van der Waals surface area contributed by atoms with Crippen LogP contribution in [-0.4, -0.2) is 27.8 Å². The van der Waals surface area contributed by atoms with E-state index in [1.54, 1.807) is 14.2 Å². The van der Waals surface area contributed by atoms with Crippen molar-refractivity contribution in [1.82, 2.24) is 0 Å². The van der Waals surface area contributed by atoms with E-state index in [9.17, 15) is 0 Å². The minimum absolute atomic E-state index is 0.123. The van der Waals surface area contributed by atoms with E-state index in [2.05, 4.69) is 79.7 Å². The van der Waals surface area contributed by atoms with E-state index in [4.69, 9.17) is 24.7 Å². The molecule has 0 atom stereocenters. The van der Waals surface area contributed by atoms with Crippen molar-refractivity contribution in [3.8, 4) is 11.5 Å². The molecule has 0 bridgehead atoms. The molecule has 0 radical (unpaired) electrons. The summed E-state index contributed by atoms with van der Waals surface area (Å²) < 4.78 is 22.7. The molecule has 0 aliphatic heterocycles. The lowest BCUT2D eigenvalue weighted by Crippen LogP contribution is -2.22. The second kappa shape index (κ2) is 10.2. The van der Waals surface area contributed by atoms with Crippen LogP contribution in [0.4, 0.5) is 0 Å². The SMILES string of the molecule is COCOc1c(C(N)c2cc(C)cc(C(C)(C)C)c2OCOC)cc(C)cc1C(C)(C)C. The largest absolute Gasteiger partial charge is 0.467 e. The molecule has 32 heavy (non-hydrogen) atoms. The van der Waals surface area contributed by atoms with Crippen molar-refractivity contribution < 1.29 is 18.9 Å². The standard InChI is InChI=1S/C27H41NO4/c1-17-11-19(24(31-15-29-9)21(13-17)26(3,4)5)23(28)20-12-18(2)14-22(27(6,7)8)25(20)32-16-30-10/h11-14,23H,15-16,28H2,1-10H3. The van der Waals surface area contributed by atoms with Gasteiger partial charge in [0.15, 0.2) is 13.6 Å². The van der Waals surface area contributed by atoms with Gasteiger partial charge in [0, 0.05) is 36.5 Å². The minimum Gasteiger partial charge on any atom is -0.467 e. The van der Waals surface area contributed by atoms with E-state index in [0.717, 1.165) is 44.9 Å². The van der Waals surface area contributed by atoms with E-state index in [1.807, 2.05) is 0 Å². The summed E-state index contributed by atoms with van der Waals surface area (Å²) in [5.41, 5.74) is 13.0. The highest BCUT2D eigenvalue weighted by atomic mass is 16.7. The van der Waals surface area contributed by atoms with Crippen molar-refractivity contribution in [3.63, 3.8) is 0 Å². The molecule has 0 aliphatic rings. The number of nitrogens with two attached hydrogens (primary N) is 1. The Morgan fingerprint density at radius 2 is 1.03 bits per heavy atom. The first kappa shape index (κ1) is 26.2. The van der Waals surface area contributed by atoms with Crippen LogP contribution in [0.15, 0.2) is 24.3 Å². The highest BCUT2D eigenvalue weighted by Gasteiger charge is 2.29. The van der Waals surface area contributed by atoms with Crippen molar-refractivity contribution in [1.29, 1.82) is 0 Å². The van der Waals surface area contributed by atoms with Crippen molar-refractivity contribution in [2.75, 3.05) is 27.8 Å². The number of rotatable bonds is 8. The van der Waals surface area contributed by atoms with Crippen LogP contribution in [0.1, 0.15) is 81.0 Å². The average Bonchev–Trinajstić information content (AvgIpc) is 2.68. The van der Waals surface area contributed by atoms with Gasteiger partial charge in [-0.25, -0.2) is 0 Å². The van der Waals surface area contributed by atoms with Crippen LogP contribution in [0, 0.1) is 13.8 Å². The summed E-state index contributed by atoms with van der Waals surface area (Å²) in [5, 5.41) is 0. The fourth-order valence-electron chi connectivity index (χ4n) is 3.90. The van der Waals surface area contributed by atoms with Gasteiger partial charge in [-0.15, -0.1) is 0 Å². The topological polar surface area (TPSA) is 62.9 Å². The Morgan fingerprint density at radius 1 is 0.688 bits per heavy atom. The third-order valence-corrected chi connectivity index (χ3v) is 5.45. The summed E-state index contributed by atoms with van der Waals surface area (Å²) in [4.78, 5) is 0. The lowest BCUT2D eigenvalue weighted by molar-refractivity contribution is 0.0480. The van der Waals surface area contributed by atoms with Crippen molar-refractivity contribution in [2.24, 2.45) is 5.73 Å². The fourth-order valence-corrected chi connectivity index (χ4v) is 3.90. The molecule has 0 aliphatic carbocycles. The summed E-state index contributed by atoms with van der Waals surface area (Å²) in [6.45, 7) is 17.5. The van der Waals surface area contributed by atoms with Gasteiger partial charge in [-0.1, -0.05) is 76.9 Å². The smallest absolute Gasteiger partial charge is 0.188 e. The van der Waals surface area contributed by atoms with Gasteiger partial charge >= 0.3 is 0 Å². The van der Waals surface area contributed by atoms with Crippen LogP contribution in [0.2, 0.25) is 0 Å². The summed E-state index contributed by atoms with van der Waals surface area (Å²) in [7, 11) is 3.24. The normalized spacial score (nSPS) is 12.4. The summed E-state index contributed by atoms with van der Waals surface area (Å²) in [6, 6.07) is 8.09. The zero-order chi connectivity index (χ0) is 24.3. The molecule has 5 heteroatoms. The molecule has 0 saturated heterocycles. The number of hydrogen-bond acceptors (Lipinski definition) is 5. The Labute approximate surface area is 194 Å². The molecule has 0 heterocycles. The Balaban J connectivity index is 2.80. The number of benzene rings is 2. The van der Waals surface area contributed by atoms with Gasteiger partial charge < -0.3 is 24.7 Å². The third-order valence-electron chi connectivity index (χ3n) is 5.45. The van der Waals surface area contributed by atoms with E-state index in [1.165, 1.54) is 0 Å². The first-order valence-electron chi connectivity index (χ1n) is 11.1. The van der Waals surface area contributed by atoms with Crippen molar-refractivity contribution in [2.45, 2.75) is 72.3 Å². The van der Waals surface area contributed by atoms with Gasteiger partial charge in [-0.2, -0.15) is 0 Å². The molecule has 0 unspecified atom stereocenters. The van der Waals surface area contributed by atoms with Crippen LogP contribution in [0.5, 0.6) is 11.5 Å². The predicted octanol–water partition coefficient (Wildman–Crippen LogP) is 5.91. The summed E-state index contributed by atoms with van der Waals surface area (Å²) in [5.74, 6) is 1.54. The summed E-state index contributed by atoms with van der Waals surface area (Å²) >= 11 is 0. The van der Waals surface area contributed by atoms with Gasteiger partial charge in [-0.05, 0) is 24.7 Å². The van der Waals surface area contributed by atoms with Crippen LogP contribution in [-0.2, 0) is 20.3 Å². The Bertz CT molecular complexity index is 847. The fraction of sp³-hybridized carbons (Fsp3) is 0.556. The van der Waals surface area contributed by atoms with Crippen LogP contribution in [0.3, 0.4) is 0 Å². The highest BCUT2D eigenvalue weighted by molar-refractivity contribution is 5.56. The maximum atomic E-state index is 6.98. The van der Waals surface area contributed by atoms with Gasteiger partial charge in [-0.3, -0.25) is 0 Å². The lowest BCUT2D eigenvalue weighted by atomic mass is 9.80. The molecule has 0 saturated carbocycles. The Morgan fingerprint density at radius 3 is 1.31 bits per heavy atom. The molecule has 0 spiro atoms. The Hall–Kier alpha value is -2.08. The average molecular weight is 444 g/mol. The van der Waals surface area contributed by atoms with Crippen molar-refractivity contribution in [3.05, 3.63) is 57.6 Å². The number of hydrogen-bond donors (Lipinski definition) is 1. The number of methoxy groups -OCH3 is 2. The second-order valence-electron chi connectivity index (χ2n) is 10.5. The maximum Gasteiger partial charge on any atom is 0.188 e. The van der Waals surface area contributed by atoms with Gasteiger partial charge in [0.25, 0.3) is 0 Å². The zero-order valence-electron chi connectivity index (χ0n) is 21.5. The van der Waals surface area contributed by atoms with Gasteiger partial charge in [0.2, 0.25) is 0 Å². The molecule has 2 aromatic rings. The van der Waals surface area contributed by atoms with E-state index in [0.29, 0.717) is 0 Å². The van der Waals surface area contributed by atoms with Crippen LogP contribution < -0.4 is 15.2 Å². The number of aryl methyl sites for hydroxylation is 2. The molecular weight excluding hydrogens is 402 g/mol. The first-order valence-corrected chi connectivity index (χ1v) is 11.1. The Kier molecular flexibility index (Phi) is 8.38. The van der Waals surface area contributed by atoms with E-state index < -0.39 is 6.04 Å². The predicted molar refractivity (Wildman–Crippen MR) is 131 cm³/mol. The molecule has 5 nitrogen and oxygen atoms in total. The van der Waals surface area contributed by atoms with E-state index >= 15 is 0 Å². The lowest BCUT2D eigenvalue weighted by Gasteiger charge is -2.30. The molecule has 0 amide bonds. The summed E-state index contributed by atoms with van der Waals surface area (Å²) in [6.07, 6.45) is 0. The second-order valence-corrected chi connectivity index (χ2v) is 10.5. The first-order chi connectivity index (χ1) is 14.8. The maximum absolute atomic E-state index is 6.98. The van der Waals surface area contributed by atoms with E-state index in [-0.39, 0.29) is 24.4 Å². The van der Waals surface area contributed by atoms with Crippen molar-refractivity contribution >= 4 is 0 Å². The van der Waals surface area contributed by atoms with Gasteiger partial charge in [0.1, 0.15) is 11.5 Å². The quantitative estimate of drug-likeness (QED) is 0.514. The molecule has 2 aromatic carbocycles. The van der Waals surface area contributed by atoms with Crippen LogP contribution in [0.25, 0.3) is 0 Å². The molecule has 0 aromatic heterocycles. The monoisotopic (exact) mass is 443 g/mol. The highest BCUT2D eigenvalue weighted by Crippen LogP contribution is 2.43. The minimum atomic E-state index is -0.448. The number of ether oxygens (including phenoxy) is 4. The molecule has 2 rings (SSSR count). The molecular formula is C27H41NO4. The van der Waals surface area contributed by atoms with Crippen LogP contribution >= 0.6 is 0 Å². The zero-order valence-corrected chi connectivity index (χ0v) is 21.5. The molecule has 0 fully saturated rings. The van der Waals surface area contributed by atoms with Gasteiger partial charge in [0.05, 0.1) is 6.04 Å². The molecule has 2 N–H and O–H groups in total. The molecule has 178 valence electrons.